The fraction of sp³-hybridized carbons (Fsp3) is 0.500. The third-order valence-corrected chi connectivity index (χ3v) is 1.57. The zero-order valence-corrected chi connectivity index (χ0v) is 6.40. The monoisotopic (exact) mass is 155 g/mol. The van der Waals surface area contributed by atoms with Gasteiger partial charge in [-0.2, -0.15) is 0 Å². The first-order valence-corrected chi connectivity index (χ1v) is 3.73. The molecule has 0 atom stereocenters. The molecule has 0 aliphatic carbocycles. The molecule has 0 aromatic carbocycles. The van der Waals surface area contributed by atoms with Crippen LogP contribution in [-0.4, -0.2) is 21.4 Å². The Hall–Kier alpha value is -0.800. The van der Waals surface area contributed by atoms with Gasteiger partial charge >= 0.3 is 0 Å². The van der Waals surface area contributed by atoms with Gasteiger partial charge in [-0.3, -0.25) is 0 Å². The van der Waals surface area contributed by atoms with Crippen molar-refractivity contribution in [1.29, 1.82) is 0 Å². The Morgan fingerprint density at radius 3 is 2.73 bits per heavy atom. The van der Waals surface area contributed by atoms with Crippen LogP contribution in [0.2, 0.25) is 0 Å². The molecular weight excluding hydrogens is 142 g/mol. The summed E-state index contributed by atoms with van der Waals surface area (Å²) >= 11 is 0. The fourth-order valence-electron chi connectivity index (χ4n) is 0.976. The lowest BCUT2D eigenvalue weighted by molar-refractivity contribution is 0.277. The van der Waals surface area contributed by atoms with Crippen LogP contribution in [0.15, 0.2) is 18.5 Å². The average molecular weight is 155 g/mol. The molecule has 0 aliphatic heterocycles. The lowest BCUT2D eigenvalue weighted by atomic mass is 10.4. The van der Waals surface area contributed by atoms with Crippen LogP contribution < -0.4 is 0 Å². The van der Waals surface area contributed by atoms with Crippen LogP contribution in [0.25, 0.3) is 0 Å². The lowest BCUT2D eigenvalue weighted by Crippen LogP contribution is -1.96. The predicted octanol–water partition coefficient (Wildman–Crippen LogP) is 0.363. The summed E-state index contributed by atoms with van der Waals surface area (Å²) in [5.74, 6) is 0. The van der Waals surface area contributed by atoms with Gasteiger partial charge in [0.1, 0.15) is 0 Å². The minimum Gasteiger partial charge on any atom is -0.396 e. The van der Waals surface area contributed by atoms with Gasteiger partial charge in [-0.15, -0.1) is 0 Å². The van der Waals surface area contributed by atoms with E-state index in [0.29, 0.717) is 0 Å². The molecule has 0 radical (unpaired) electrons. The number of aryl methyl sites for hydroxylation is 1. The molecule has 0 saturated carbocycles. The molecule has 1 aromatic heterocycles. The Labute approximate surface area is 65.9 Å². The predicted molar refractivity (Wildman–Crippen MR) is 42.1 cm³/mol. The highest BCUT2D eigenvalue weighted by molar-refractivity contribution is 5.08. The Bertz CT molecular complexity index is 208. The van der Waals surface area contributed by atoms with Crippen LogP contribution in [0.5, 0.6) is 0 Å². The zero-order valence-electron chi connectivity index (χ0n) is 6.40. The van der Waals surface area contributed by atoms with Crippen molar-refractivity contribution in [1.82, 2.24) is 4.57 Å². The number of nitrogens with zero attached hydrogens (tertiary/aromatic N) is 1. The zero-order chi connectivity index (χ0) is 8.10. The fourth-order valence-corrected chi connectivity index (χ4v) is 0.976. The number of aliphatic hydroxyl groups excluding tert-OH is 2. The Balaban J connectivity index is 2.44. The summed E-state index contributed by atoms with van der Waals surface area (Å²) in [6.45, 7) is 1.12. The second kappa shape index (κ2) is 4.16. The standard InChI is InChI=1S/C8H13NO2/c10-5-1-3-9-4-2-8(6-9)7-11/h2,4,6,10-11H,1,3,5,7H2. The van der Waals surface area contributed by atoms with E-state index >= 15 is 0 Å². The third kappa shape index (κ3) is 2.37. The molecule has 2 N–H and O–H groups in total. The van der Waals surface area contributed by atoms with E-state index in [1.165, 1.54) is 0 Å². The molecule has 11 heavy (non-hydrogen) atoms. The van der Waals surface area contributed by atoms with Gasteiger partial charge in [0.25, 0.3) is 0 Å². The summed E-state index contributed by atoms with van der Waals surface area (Å²) in [6.07, 6.45) is 4.55. The summed E-state index contributed by atoms with van der Waals surface area (Å²) in [4.78, 5) is 0. The van der Waals surface area contributed by atoms with Crippen LogP contribution in [0, 0.1) is 0 Å². The van der Waals surface area contributed by atoms with Crippen LogP contribution in [0.3, 0.4) is 0 Å². The van der Waals surface area contributed by atoms with Gasteiger partial charge in [0.15, 0.2) is 0 Å². The largest absolute Gasteiger partial charge is 0.396 e. The molecular formula is C8H13NO2. The van der Waals surface area contributed by atoms with Gasteiger partial charge in [0.05, 0.1) is 6.61 Å². The molecule has 0 saturated heterocycles. The van der Waals surface area contributed by atoms with Crippen LogP contribution in [0.4, 0.5) is 0 Å². The van der Waals surface area contributed by atoms with Crippen molar-refractivity contribution in [3.05, 3.63) is 24.0 Å². The molecule has 1 rings (SSSR count). The molecule has 0 fully saturated rings. The van der Waals surface area contributed by atoms with Gasteiger partial charge < -0.3 is 14.8 Å². The second-order valence-electron chi connectivity index (χ2n) is 2.49. The van der Waals surface area contributed by atoms with E-state index in [4.69, 9.17) is 10.2 Å². The molecule has 0 bridgehead atoms. The number of rotatable bonds is 4. The van der Waals surface area contributed by atoms with Crippen molar-refractivity contribution < 1.29 is 10.2 Å². The van der Waals surface area contributed by atoms with Crippen LogP contribution >= 0.6 is 0 Å². The molecule has 1 heterocycles. The molecule has 0 unspecified atom stereocenters. The van der Waals surface area contributed by atoms with Crippen LogP contribution in [-0.2, 0) is 13.2 Å². The molecule has 62 valence electrons. The number of hydrogen-bond acceptors (Lipinski definition) is 2. The highest BCUT2D eigenvalue weighted by Gasteiger charge is 1.93. The van der Waals surface area contributed by atoms with Crippen LogP contribution in [0.1, 0.15) is 12.0 Å². The first-order valence-electron chi connectivity index (χ1n) is 3.73. The smallest absolute Gasteiger partial charge is 0.0696 e. The normalized spacial score (nSPS) is 10.4. The highest BCUT2D eigenvalue weighted by Crippen LogP contribution is 2.01. The van der Waals surface area contributed by atoms with E-state index in [-0.39, 0.29) is 13.2 Å². The van der Waals surface area contributed by atoms with Gasteiger partial charge in [0, 0.05) is 25.5 Å². The van der Waals surface area contributed by atoms with Gasteiger partial charge in [0.2, 0.25) is 0 Å². The average Bonchev–Trinajstić information content (AvgIpc) is 2.48. The lowest BCUT2D eigenvalue weighted by Gasteiger charge is -1.98. The quantitative estimate of drug-likeness (QED) is 0.659. The topological polar surface area (TPSA) is 45.4 Å². The van der Waals surface area contributed by atoms with E-state index in [2.05, 4.69) is 0 Å². The second-order valence-corrected chi connectivity index (χ2v) is 2.49. The van der Waals surface area contributed by atoms with Gasteiger partial charge in [-0.25, -0.2) is 0 Å². The summed E-state index contributed by atoms with van der Waals surface area (Å²) in [6, 6.07) is 1.87. The van der Waals surface area contributed by atoms with Gasteiger partial charge in [-0.05, 0) is 18.1 Å². The van der Waals surface area contributed by atoms with E-state index in [9.17, 15) is 0 Å². The Morgan fingerprint density at radius 1 is 1.36 bits per heavy atom. The maximum atomic E-state index is 8.71. The molecule has 3 nitrogen and oxygen atoms in total. The maximum Gasteiger partial charge on any atom is 0.0696 e. The third-order valence-electron chi connectivity index (χ3n) is 1.57. The molecule has 0 spiro atoms. The van der Waals surface area contributed by atoms with E-state index in [0.717, 1.165) is 18.5 Å². The Morgan fingerprint density at radius 2 is 2.18 bits per heavy atom. The summed E-state index contributed by atoms with van der Waals surface area (Å²) in [7, 11) is 0. The van der Waals surface area contributed by atoms with Crippen molar-refractivity contribution in [2.24, 2.45) is 0 Å². The molecule has 3 heteroatoms. The summed E-state index contributed by atoms with van der Waals surface area (Å²) < 4.78 is 1.96. The van der Waals surface area contributed by atoms with Gasteiger partial charge in [-0.1, -0.05) is 0 Å². The van der Waals surface area contributed by atoms with E-state index in [1.54, 1.807) is 0 Å². The summed E-state index contributed by atoms with van der Waals surface area (Å²) in [5, 5.41) is 17.2. The Kier molecular flexibility index (Phi) is 3.14. The molecule has 0 aliphatic rings. The van der Waals surface area contributed by atoms with E-state index < -0.39 is 0 Å². The highest BCUT2D eigenvalue weighted by atomic mass is 16.3. The van der Waals surface area contributed by atoms with Crippen molar-refractivity contribution >= 4 is 0 Å². The van der Waals surface area contributed by atoms with Crippen molar-refractivity contribution in [3.63, 3.8) is 0 Å². The first kappa shape index (κ1) is 8.30. The maximum absolute atomic E-state index is 8.71. The van der Waals surface area contributed by atoms with Crippen molar-refractivity contribution in [3.8, 4) is 0 Å². The minimum absolute atomic E-state index is 0.0894. The molecule has 0 amide bonds. The van der Waals surface area contributed by atoms with Crippen molar-refractivity contribution in [2.45, 2.75) is 19.6 Å². The number of aliphatic hydroxyl groups is 2. The first-order chi connectivity index (χ1) is 5.36. The van der Waals surface area contributed by atoms with Crippen molar-refractivity contribution in [2.75, 3.05) is 6.61 Å². The SMILES string of the molecule is OCCCn1ccc(CO)c1. The number of hydrogen-bond donors (Lipinski definition) is 2. The summed E-state index contributed by atoms with van der Waals surface area (Å²) in [5.41, 5.74) is 0.919. The van der Waals surface area contributed by atoms with E-state index in [1.807, 2.05) is 23.0 Å². The number of aromatic nitrogens is 1. The molecule has 1 aromatic rings. The minimum atomic E-state index is 0.0894.